The second kappa shape index (κ2) is 5.73. The molecule has 1 amide bonds. The number of Topliss-reactive ketones (excluding diaryl/α,β-unsaturated/α-hetero) is 1. The quantitative estimate of drug-likeness (QED) is 0.782. The van der Waals surface area contributed by atoms with Gasteiger partial charge in [0.15, 0.2) is 0 Å². The minimum Gasteiger partial charge on any atom is -0.444 e. The summed E-state index contributed by atoms with van der Waals surface area (Å²) in [5.41, 5.74) is -0.501. The Hall–Kier alpha value is -1.06. The molecule has 0 aromatic carbocycles. The Kier molecular flexibility index (Phi) is 5.33. The van der Waals surface area contributed by atoms with Gasteiger partial charge in [-0.25, -0.2) is 4.79 Å². The number of ketones is 1. The van der Waals surface area contributed by atoms with Gasteiger partial charge in [0.25, 0.3) is 0 Å². The molecular weight excluding hydrogens is 194 g/mol. The molecule has 0 aliphatic rings. The monoisotopic (exact) mass is 215 g/mol. The van der Waals surface area contributed by atoms with Crippen molar-refractivity contribution >= 4 is 11.9 Å². The molecule has 0 spiro atoms. The Morgan fingerprint density at radius 1 is 1.33 bits per heavy atom. The van der Waals surface area contributed by atoms with Crippen LogP contribution in [0.3, 0.4) is 0 Å². The van der Waals surface area contributed by atoms with Gasteiger partial charge in [0.05, 0.1) is 0 Å². The first kappa shape index (κ1) is 13.9. The summed E-state index contributed by atoms with van der Waals surface area (Å²) in [4.78, 5) is 22.3. The van der Waals surface area contributed by atoms with Crippen molar-refractivity contribution in [3.8, 4) is 0 Å². The van der Waals surface area contributed by atoms with E-state index >= 15 is 0 Å². The predicted molar refractivity (Wildman–Crippen MR) is 58.7 cm³/mol. The fraction of sp³-hybridized carbons (Fsp3) is 0.818. The summed E-state index contributed by atoms with van der Waals surface area (Å²) in [6, 6.07) is -0.127. The fourth-order valence-corrected chi connectivity index (χ4v) is 1.12. The lowest BCUT2D eigenvalue weighted by atomic mass is 10.1. The fourth-order valence-electron chi connectivity index (χ4n) is 1.12. The lowest BCUT2D eigenvalue weighted by molar-refractivity contribution is -0.117. The Bertz CT molecular complexity index is 230. The molecule has 88 valence electrons. The molecule has 0 fully saturated rings. The van der Waals surface area contributed by atoms with Crippen LogP contribution in [-0.4, -0.2) is 23.5 Å². The van der Waals surface area contributed by atoms with Gasteiger partial charge in [0.1, 0.15) is 11.4 Å². The van der Waals surface area contributed by atoms with Gasteiger partial charge < -0.3 is 10.1 Å². The zero-order valence-electron chi connectivity index (χ0n) is 10.2. The number of nitrogens with one attached hydrogen (secondary N) is 1. The Balaban J connectivity index is 4.07. The highest BCUT2D eigenvalue weighted by Gasteiger charge is 2.19. The molecule has 0 saturated heterocycles. The van der Waals surface area contributed by atoms with E-state index in [1.54, 1.807) is 20.8 Å². The van der Waals surface area contributed by atoms with Crippen LogP contribution in [0.15, 0.2) is 0 Å². The average Bonchev–Trinajstić information content (AvgIpc) is 1.98. The normalized spacial score (nSPS) is 13.1. The highest BCUT2D eigenvalue weighted by Crippen LogP contribution is 2.08. The van der Waals surface area contributed by atoms with Gasteiger partial charge in [-0.05, 0) is 34.1 Å². The highest BCUT2D eigenvalue weighted by atomic mass is 16.6. The van der Waals surface area contributed by atoms with Gasteiger partial charge in [-0.15, -0.1) is 0 Å². The van der Waals surface area contributed by atoms with E-state index in [1.807, 2.05) is 6.92 Å². The van der Waals surface area contributed by atoms with Crippen molar-refractivity contribution in [2.24, 2.45) is 0 Å². The number of amides is 1. The van der Waals surface area contributed by atoms with E-state index in [4.69, 9.17) is 4.74 Å². The van der Waals surface area contributed by atoms with Crippen molar-refractivity contribution in [2.75, 3.05) is 0 Å². The van der Waals surface area contributed by atoms with Crippen LogP contribution >= 0.6 is 0 Å². The summed E-state index contributed by atoms with van der Waals surface area (Å²) in [5, 5.41) is 2.67. The third-order valence-corrected chi connectivity index (χ3v) is 1.75. The van der Waals surface area contributed by atoms with Crippen molar-refractivity contribution in [2.45, 2.75) is 59.1 Å². The van der Waals surface area contributed by atoms with Crippen molar-refractivity contribution in [1.29, 1.82) is 0 Å². The Morgan fingerprint density at radius 3 is 2.20 bits per heavy atom. The van der Waals surface area contributed by atoms with Crippen LogP contribution in [0.4, 0.5) is 4.79 Å². The van der Waals surface area contributed by atoms with Gasteiger partial charge >= 0.3 is 6.09 Å². The van der Waals surface area contributed by atoms with Crippen molar-refractivity contribution in [3.63, 3.8) is 0 Å². The zero-order valence-corrected chi connectivity index (χ0v) is 10.2. The van der Waals surface area contributed by atoms with Crippen LogP contribution in [0, 0.1) is 0 Å². The third-order valence-electron chi connectivity index (χ3n) is 1.75. The molecule has 0 aromatic heterocycles. The Morgan fingerprint density at radius 2 is 1.87 bits per heavy atom. The number of carbonyl (C=O) groups is 2. The van der Waals surface area contributed by atoms with E-state index in [-0.39, 0.29) is 11.8 Å². The van der Waals surface area contributed by atoms with E-state index in [1.165, 1.54) is 6.92 Å². The first-order chi connectivity index (χ1) is 6.74. The van der Waals surface area contributed by atoms with Crippen molar-refractivity contribution in [1.82, 2.24) is 5.32 Å². The molecule has 1 atom stereocenters. The summed E-state index contributed by atoms with van der Waals surface area (Å²) in [6.45, 7) is 8.85. The van der Waals surface area contributed by atoms with E-state index in [0.29, 0.717) is 6.42 Å². The zero-order chi connectivity index (χ0) is 12.1. The molecule has 15 heavy (non-hydrogen) atoms. The summed E-state index contributed by atoms with van der Waals surface area (Å²) in [5.74, 6) is 0.0675. The maximum absolute atomic E-state index is 11.4. The number of rotatable bonds is 4. The topological polar surface area (TPSA) is 55.4 Å². The largest absolute Gasteiger partial charge is 0.444 e. The first-order valence-corrected chi connectivity index (χ1v) is 5.23. The molecule has 0 aromatic rings. The molecule has 0 bridgehead atoms. The van der Waals surface area contributed by atoms with E-state index in [9.17, 15) is 9.59 Å². The number of hydrogen-bond acceptors (Lipinski definition) is 3. The Labute approximate surface area is 91.4 Å². The molecule has 0 heterocycles. The molecule has 0 unspecified atom stereocenters. The van der Waals surface area contributed by atoms with Crippen LogP contribution in [0.2, 0.25) is 0 Å². The lowest BCUT2D eigenvalue weighted by Gasteiger charge is -2.22. The average molecular weight is 215 g/mol. The number of hydrogen-bond donors (Lipinski definition) is 1. The van der Waals surface area contributed by atoms with E-state index in [0.717, 1.165) is 6.42 Å². The van der Waals surface area contributed by atoms with E-state index in [2.05, 4.69) is 5.32 Å². The molecule has 1 N–H and O–H groups in total. The minimum atomic E-state index is -0.501. The summed E-state index contributed by atoms with van der Waals surface area (Å²) in [6.07, 6.45) is 0.616. The molecule has 0 saturated carbocycles. The van der Waals surface area contributed by atoms with Gasteiger partial charge in [0.2, 0.25) is 0 Å². The molecule has 4 nitrogen and oxygen atoms in total. The number of carbonyl (C=O) groups excluding carboxylic acids is 2. The van der Waals surface area contributed by atoms with Gasteiger partial charge in [-0.1, -0.05) is 6.92 Å². The van der Waals surface area contributed by atoms with Crippen LogP contribution in [0.1, 0.15) is 47.5 Å². The smallest absolute Gasteiger partial charge is 0.407 e. The number of alkyl carbamates (subject to hydrolysis) is 1. The second-order valence-electron chi connectivity index (χ2n) is 4.66. The van der Waals surface area contributed by atoms with Crippen LogP contribution in [0.25, 0.3) is 0 Å². The molecular formula is C11H21NO3. The third kappa shape index (κ3) is 7.97. The summed E-state index contributed by atoms with van der Waals surface area (Å²) < 4.78 is 5.09. The molecule has 0 aliphatic heterocycles. The lowest BCUT2D eigenvalue weighted by Crippen LogP contribution is -2.39. The molecule has 0 radical (unpaired) electrons. The van der Waals surface area contributed by atoms with Gasteiger partial charge in [-0.3, -0.25) is 4.79 Å². The molecule has 4 heteroatoms. The molecule has 0 aliphatic carbocycles. The minimum absolute atomic E-state index is 0.0675. The van der Waals surface area contributed by atoms with Gasteiger partial charge in [0, 0.05) is 12.5 Å². The van der Waals surface area contributed by atoms with E-state index < -0.39 is 11.7 Å². The summed E-state index contributed by atoms with van der Waals surface area (Å²) >= 11 is 0. The van der Waals surface area contributed by atoms with Crippen LogP contribution in [0.5, 0.6) is 0 Å². The van der Waals surface area contributed by atoms with Crippen molar-refractivity contribution in [3.05, 3.63) is 0 Å². The highest BCUT2D eigenvalue weighted by molar-refractivity contribution is 5.77. The maximum atomic E-state index is 11.4. The van der Waals surface area contributed by atoms with Gasteiger partial charge in [-0.2, -0.15) is 0 Å². The number of ether oxygens (including phenoxy) is 1. The predicted octanol–water partition coefficient (Wildman–Crippen LogP) is 2.27. The summed E-state index contributed by atoms with van der Waals surface area (Å²) in [7, 11) is 0. The second-order valence-corrected chi connectivity index (χ2v) is 4.66. The molecule has 0 rings (SSSR count). The van der Waals surface area contributed by atoms with Crippen molar-refractivity contribution < 1.29 is 14.3 Å². The van der Waals surface area contributed by atoms with Crippen LogP contribution < -0.4 is 5.32 Å². The standard InChI is InChI=1S/C11H21NO3/c1-6-9(7-8(2)13)12-10(14)15-11(3,4)5/h9H,6-7H2,1-5H3,(H,12,14)/t9-/m1/s1. The maximum Gasteiger partial charge on any atom is 0.407 e. The SMILES string of the molecule is CC[C@H](CC(C)=O)NC(=O)OC(C)(C)C. The first-order valence-electron chi connectivity index (χ1n) is 5.23. The van der Waals surface area contributed by atoms with Crippen LogP contribution in [-0.2, 0) is 9.53 Å².